The second kappa shape index (κ2) is 5.70. The average molecular weight is 326 g/mol. The number of carbonyl (C=O) groups is 1. The molecule has 0 bridgehead atoms. The fraction of sp³-hybridized carbons (Fsp3) is 0.208. The number of ketones is 1. The van der Waals surface area contributed by atoms with Crippen LogP contribution in [0.25, 0.3) is 11.1 Å². The van der Waals surface area contributed by atoms with Crippen molar-refractivity contribution in [3.8, 4) is 11.1 Å². The van der Waals surface area contributed by atoms with E-state index in [-0.39, 0.29) is 17.1 Å². The van der Waals surface area contributed by atoms with Crippen LogP contribution in [-0.2, 0) is 0 Å². The van der Waals surface area contributed by atoms with Gasteiger partial charge in [-0.3, -0.25) is 4.79 Å². The van der Waals surface area contributed by atoms with Gasteiger partial charge in [-0.05, 0) is 27.8 Å². The Morgan fingerprint density at radius 1 is 0.720 bits per heavy atom. The van der Waals surface area contributed by atoms with Gasteiger partial charge in [-0.15, -0.1) is 0 Å². The number of hydrogen-bond donors (Lipinski definition) is 0. The number of benzene rings is 3. The number of rotatable bonds is 2. The number of fused-ring (bicyclic) bond motifs is 3. The summed E-state index contributed by atoms with van der Waals surface area (Å²) < 4.78 is 0. The SMILES string of the molecule is CC(C)(C)C(=O)c1ccc(C2c3ccccc3-c3ccccc32)cc1. The van der Waals surface area contributed by atoms with Crippen LogP contribution in [0.3, 0.4) is 0 Å². The molecule has 0 atom stereocenters. The summed E-state index contributed by atoms with van der Waals surface area (Å²) in [5.74, 6) is 0.428. The predicted molar refractivity (Wildman–Crippen MR) is 103 cm³/mol. The maximum absolute atomic E-state index is 12.5. The molecule has 25 heavy (non-hydrogen) atoms. The molecule has 1 heteroatoms. The van der Waals surface area contributed by atoms with Gasteiger partial charge in [-0.25, -0.2) is 0 Å². The maximum atomic E-state index is 12.5. The van der Waals surface area contributed by atoms with E-state index in [4.69, 9.17) is 0 Å². The summed E-state index contributed by atoms with van der Waals surface area (Å²) in [6.45, 7) is 5.89. The minimum atomic E-state index is -0.353. The molecule has 0 N–H and O–H groups in total. The van der Waals surface area contributed by atoms with E-state index in [1.54, 1.807) is 0 Å². The van der Waals surface area contributed by atoms with E-state index >= 15 is 0 Å². The highest BCUT2D eigenvalue weighted by molar-refractivity contribution is 5.99. The van der Waals surface area contributed by atoms with Crippen molar-refractivity contribution < 1.29 is 4.79 Å². The molecule has 0 saturated heterocycles. The molecule has 0 aliphatic heterocycles. The van der Waals surface area contributed by atoms with Crippen LogP contribution in [0, 0.1) is 5.41 Å². The fourth-order valence-electron chi connectivity index (χ4n) is 3.77. The lowest BCUT2D eigenvalue weighted by Crippen LogP contribution is -2.20. The molecule has 0 amide bonds. The molecule has 3 aromatic rings. The van der Waals surface area contributed by atoms with Gasteiger partial charge >= 0.3 is 0 Å². The summed E-state index contributed by atoms with van der Waals surface area (Å²) in [5, 5.41) is 0. The predicted octanol–water partition coefficient (Wildman–Crippen LogP) is 6.08. The van der Waals surface area contributed by atoms with Crippen molar-refractivity contribution in [1.82, 2.24) is 0 Å². The molecule has 0 fully saturated rings. The van der Waals surface area contributed by atoms with Gasteiger partial charge in [0, 0.05) is 16.9 Å². The van der Waals surface area contributed by atoms with Crippen molar-refractivity contribution in [2.24, 2.45) is 5.41 Å². The molecule has 4 rings (SSSR count). The Labute approximate surface area is 149 Å². The third kappa shape index (κ3) is 2.60. The van der Waals surface area contributed by atoms with E-state index in [1.165, 1.54) is 27.8 Å². The third-order valence-electron chi connectivity index (χ3n) is 5.02. The van der Waals surface area contributed by atoms with Gasteiger partial charge in [0.15, 0.2) is 5.78 Å². The summed E-state index contributed by atoms with van der Waals surface area (Å²) >= 11 is 0. The largest absolute Gasteiger partial charge is 0.294 e. The Morgan fingerprint density at radius 2 is 1.20 bits per heavy atom. The molecular weight excluding hydrogens is 304 g/mol. The van der Waals surface area contributed by atoms with Gasteiger partial charge in [-0.2, -0.15) is 0 Å². The van der Waals surface area contributed by atoms with Crippen molar-refractivity contribution in [3.63, 3.8) is 0 Å². The van der Waals surface area contributed by atoms with E-state index in [9.17, 15) is 4.79 Å². The van der Waals surface area contributed by atoms with Crippen molar-refractivity contribution >= 4 is 5.78 Å². The molecule has 0 unspecified atom stereocenters. The second-order valence-corrected chi connectivity index (χ2v) is 7.81. The number of hydrogen-bond acceptors (Lipinski definition) is 1. The Kier molecular flexibility index (Phi) is 3.61. The minimum Gasteiger partial charge on any atom is -0.294 e. The van der Waals surface area contributed by atoms with Gasteiger partial charge in [0.2, 0.25) is 0 Å². The standard InChI is InChI=1S/C24H22O/c1-24(2,3)23(25)17-14-12-16(13-15-17)22-20-10-6-4-8-18(20)19-9-5-7-11-21(19)22/h4-15,22H,1-3H3. The molecular formula is C24H22O. The van der Waals surface area contributed by atoms with E-state index in [0.29, 0.717) is 0 Å². The normalized spacial score (nSPS) is 13.4. The second-order valence-electron chi connectivity index (χ2n) is 7.81. The molecule has 0 radical (unpaired) electrons. The van der Waals surface area contributed by atoms with Crippen LogP contribution in [0.4, 0.5) is 0 Å². The lowest BCUT2D eigenvalue weighted by Gasteiger charge is -2.18. The molecule has 3 aromatic carbocycles. The lowest BCUT2D eigenvalue weighted by molar-refractivity contribution is 0.0858. The van der Waals surface area contributed by atoms with Crippen LogP contribution in [-0.4, -0.2) is 5.78 Å². The van der Waals surface area contributed by atoms with Gasteiger partial charge < -0.3 is 0 Å². The topological polar surface area (TPSA) is 17.1 Å². The first kappa shape index (κ1) is 15.8. The van der Waals surface area contributed by atoms with Crippen LogP contribution >= 0.6 is 0 Å². The monoisotopic (exact) mass is 326 g/mol. The number of carbonyl (C=O) groups excluding carboxylic acids is 1. The Morgan fingerprint density at radius 3 is 1.68 bits per heavy atom. The lowest BCUT2D eigenvalue weighted by atomic mass is 9.84. The minimum absolute atomic E-state index is 0.186. The molecule has 0 saturated carbocycles. The first-order valence-electron chi connectivity index (χ1n) is 8.80. The Balaban J connectivity index is 1.79. The highest BCUT2D eigenvalue weighted by Gasteiger charge is 2.29. The van der Waals surface area contributed by atoms with Crippen LogP contribution in [0.15, 0.2) is 72.8 Å². The van der Waals surface area contributed by atoms with Crippen LogP contribution in [0.2, 0.25) is 0 Å². The van der Waals surface area contributed by atoms with E-state index < -0.39 is 0 Å². The van der Waals surface area contributed by atoms with Gasteiger partial charge in [0.05, 0.1) is 0 Å². The third-order valence-corrected chi connectivity index (χ3v) is 5.02. The first-order chi connectivity index (χ1) is 12.0. The van der Waals surface area contributed by atoms with E-state index in [0.717, 1.165) is 5.56 Å². The summed E-state index contributed by atoms with van der Waals surface area (Å²) in [6.07, 6.45) is 0. The zero-order chi connectivity index (χ0) is 17.6. The molecule has 0 spiro atoms. The maximum Gasteiger partial charge on any atom is 0.168 e. The quantitative estimate of drug-likeness (QED) is 0.408. The van der Waals surface area contributed by atoms with Crippen molar-refractivity contribution in [2.75, 3.05) is 0 Å². The highest BCUT2D eigenvalue weighted by atomic mass is 16.1. The smallest absolute Gasteiger partial charge is 0.168 e. The molecule has 0 aromatic heterocycles. The van der Waals surface area contributed by atoms with Gasteiger partial charge in [-0.1, -0.05) is 93.6 Å². The summed E-state index contributed by atoms with van der Waals surface area (Å²) in [7, 11) is 0. The van der Waals surface area contributed by atoms with Crippen molar-refractivity contribution in [1.29, 1.82) is 0 Å². The van der Waals surface area contributed by atoms with Gasteiger partial charge in [0.25, 0.3) is 0 Å². The molecule has 1 aliphatic carbocycles. The van der Waals surface area contributed by atoms with E-state index in [1.807, 2.05) is 32.9 Å². The fourth-order valence-corrected chi connectivity index (χ4v) is 3.77. The number of Topliss-reactive ketones (excluding diaryl/α,β-unsaturated/α-hetero) is 1. The van der Waals surface area contributed by atoms with Crippen LogP contribution in [0.5, 0.6) is 0 Å². The highest BCUT2D eigenvalue weighted by Crippen LogP contribution is 2.47. The summed E-state index contributed by atoms with van der Waals surface area (Å²) in [4.78, 5) is 12.5. The zero-order valence-corrected chi connectivity index (χ0v) is 14.9. The molecule has 0 heterocycles. The first-order valence-corrected chi connectivity index (χ1v) is 8.80. The average Bonchev–Trinajstić information content (AvgIpc) is 2.95. The van der Waals surface area contributed by atoms with Gasteiger partial charge in [0.1, 0.15) is 0 Å². The molecule has 1 nitrogen and oxygen atoms in total. The van der Waals surface area contributed by atoms with Crippen LogP contribution in [0.1, 0.15) is 53.7 Å². The zero-order valence-electron chi connectivity index (χ0n) is 14.9. The Hall–Kier alpha value is -2.67. The summed E-state index contributed by atoms with van der Waals surface area (Å²) in [6, 6.07) is 25.4. The summed E-state index contributed by atoms with van der Waals surface area (Å²) in [5.41, 5.74) is 7.00. The molecule has 124 valence electrons. The molecule has 1 aliphatic rings. The van der Waals surface area contributed by atoms with E-state index in [2.05, 4.69) is 60.7 Å². The van der Waals surface area contributed by atoms with Crippen LogP contribution < -0.4 is 0 Å². The van der Waals surface area contributed by atoms with Crippen molar-refractivity contribution in [3.05, 3.63) is 95.1 Å². The van der Waals surface area contributed by atoms with Crippen molar-refractivity contribution in [2.45, 2.75) is 26.7 Å². The Bertz CT molecular complexity index is 897.